The molecular weight excluding hydrogens is 352 g/mol. The summed E-state index contributed by atoms with van der Waals surface area (Å²) in [5, 5.41) is 14.3. The molecule has 0 spiro atoms. The molecule has 4 nitrogen and oxygen atoms in total. The quantitative estimate of drug-likeness (QED) is 0.754. The van der Waals surface area contributed by atoms with E-state index >= 15 is 0 Å². The first-order chi connectivity index (χ1) is 10.1. The maximum atomic E-state index is 10.8. The van der Waals surface area contributed by atoms with Gasteiger partial charge in [0.05, 0.1) is 23.0 Å². The number of aryl methyl sites for hydroxylation is 1. The zero-order valence-electron chi connectivity index (χ0n) is 11.8. The number of thioether (sulfide) groups is 1. The van der Waals surface area contributed by atoms with Crippen molar-refractivity contribution >= 4 is 33.7 Å². The van der Waals surface area contributed by atoms with Crippen LogP contribution in [0.3, 0.4) is 0 Å². The molecule has 0 atom stereocenters. The number of halogens is 1. The van der Waals surface area contributed by atoms with Gasteiger partial charge in [-0.25, -0.2) is 0 Å². The van der Waals surface area contributed by atoms with Crippen LogP contribution in [-0.4, -0.2) is 26.6 Å². The standard InChI is InChI=1S/C15H17BrN2O2S/c1-2-4-13-8-14(21-10-15(19)20)18(17-13)9-11-5-3-6-12(16)7-11/h3,5-8H,2,4,9-10H2,1H3,(H,19,20). The van der Waals surface area contributed by atoms with E-state index in [2.05, 4.69) is 28.0 Å². The number of aromatic nitrogens is 2. The second-order valence-corrected chi connectivity index (χ2v) is 6.61. The topological polar surface area (TPSA) is 55.1 Å². The van der Waals surface area contributed by atoms with Crippen LogP contribution in [0.4, 0.5) is 0 Å². The summed E-state index contributed by atoms with van der Waals surface area (Å²) in [7, 11) is 0. The minimum atomic E-state index is -0.813. The first-order valence-corrected chi connectivity index (χ1v) is 8.52. The van der Waals surface area contributed by atoms with Crippen LogP contribution in [-0.2, 0) is 17.8 Å². The monoisotopic (exact) mass is 368 g/mol. The molecule has 1 heterocycles. The van der Waals surface area contributed by atoms with Gasteiger partial charge in [0.25, 0.3) is 0 Å². The summed E-state index contributed by atoms with van der Waals surface area (Å²) < 4.78 is 2.92. The van der Waals surface area contributed by atoms with Gasteiger partial charge in [-0.3, -0.25) is 9.48 Å². The molecule has 1 aromatic heterocycles. The summed E-state index contributed by atoms with van der Waals surface area (Å²) >= 11 is 4.78. The van der Waals surface area contributed by atoms with Crippen molar-refractivity contribution in [1.82, 2.24) is 9.78 Å². The zero-order valence-corrected chi connectivity index (χ0v) is 14.2. The molecule has 1 N–H and O–H groups in total. The second kappa shape index (κ2) is 7.66. The first kappa shape index (κ1) is 16.1. The summed E-state index contributed by atoms with van der Waals surface area (Å²) in [6.45, 7) is 2.75. The van der Waals surface area contributed by atoms with E-state index in [-0.39, 0.29) is 5.75 Å². The van der Waals surface area contributed by atoms with Crippen molar-refractivity contribution in [2.45, 2.75) is 31.3 Å². The summed E-state index contributed by atoms with van der Waals surface area (Å²) in [4.78, 5) is 10.8. The van der Waals surface area contributed by atoms with Crippen LogP contribution >= 0.6 is 27.7 Å². The number of benzene rings is 1. The molecule has 2 rings (SSSR count). The van der Waals surface area contributed by atoms with Crippen LogP contribution in [0.15, 0.2) is 39.8 Å². The fraction of sp³-hybridized carbons (Fsp3) is 0.333. The van der Waals surface area contributed by atoms with Gasteiger partial charge in [0.15, 0.2) is 0 Å². The Hall–Kier alpha value is -1.27. The van der Waals surface area contributed by atoms with Gasteiger partial charge in [0, 0.05) is 4.47 Å². The molecule has 1 aromatic carbocycles. The number of carboxylic acid groups (broad SMARTS) is 1. The molecule has 0 saturated carbocycles. The highest BCUT2D eigenvalue weighted by atomic mass is 79.9. The third kappa shape index (κ3) is 4.89. The maximum Gasteiger partial charge on any atom is 0.313 e. The van der Waals surface area contributed by atoms with Gasteiger partial charge < -0.3 is 5.11 Å². The largest absolute Gasteiger partial charge is 0.481 e. The highest BCUT2D eigenvalue weighted by molar-refractivity contribution is 9.10. The number of carbonyl (C=O) groups is 1. The molecule has 0 unspecified atom stereocenters. The van der Waals surface area contributed by atoms with Crippen LogP contribution in [0.5, 0.6) is 0 Å². The van der Waals surface area contributed by atoms with Crippen LogP contribution in [0.2, 0.25) is 0 Å². The van der Waals surface area contributed by atoms with Gasteiger partial charge in [0.2, 0.25) is 0 Å². The molecule has 0 saturated heterocycles. The summed E-state index contributed by atoms with van der Waals surface area (Å²) in [5.74, 6) is -0.761. The summed E-state index contributed by atoms with van der Waals surface area (Å²) in [6.07, 6.45) is 1.93. The molecule has 112 valence electrons. The van der Waals surface area contributed by atoms with E-state index < -0.39 is 5.97 Å². The van der Waals surface area contributed by atoms with Crippen LogP contribution in [0.1, 0.15) is 24.6 Å². The molecule has 6 heteroatoms. The lowest BCUT2D eigenvalue weighted by atomic mass is 10.2. The Morgan fingerprint density at radius 1 is 1.43 bits per heavy atom. The molecule has 0 aliphatic heterocycles. The molecule has 0 aliphatic carbocycles. The number of aliphatic carboxylic acids is 1. The zero-order chi connectivity index (χ0) is 15.2. The van der Waals surface area contributed by atoms with E-state index in [0.717, 1.165) is 33.6 Å². The fourth-order valence-electron chi connectivity index (χ4n) is 2.00. The molecule has 0 fully saturated rings. The minimum absolute atomic E-state index is 0.0513. The summed E-state index contributed by atoms with van der Waals surface area (Å²) in [6, 6.07) is 10.1. The lowest BCUT2D eigenvalue weighted by Gasteiger charge is -2.07. The van der Waals surface area contributed by atoms with Gasteiger partial charge in [-0.2, -0.15) is 5.10 Å². The highest BCUT2D eigenvalue weighted by Gasteiger charge is 2.10. The first-order valence-electron chi connectivity index (χ1n) is 6.74. The number of carboxylic acids is 1. The van der Waals surface area contributed by atoms with Crippen molar-refractivity contribution in [2.24, 2.45) is 0 Å². The maximum absolute atomic E-state index is 10.8. The Bertz CT molecular complexity index is 628. The van der Waals surface area contributed by atoms with Crippen molar-refractivity contribution in [2.75, 3.05) is 5.75 Å². The van der Waals surface area contributed by atoms with E-state index in [4.69, 9.17) is 5.11 Å². The predicted molar refractivity (Wildman–Crippen MR) is 87.8 cm³/mol. The van der Waals surface area contributed by atoms with E-state index in [0.29, 0.717) is 6.54 Å². The molecular formula is C15H17BrN2O2S. The van der Waals surface area contributed by atoms with Crippen LogP contribution in [0.25, 0.3) is 0 Å². The Kier molecular flexibility index (Phi) is 5.87. The molecule has 2 aromatic rings. The second-order valence-electron chi connectivity index (χ2n) is 4.69. The molecule has 0 aliphatic rings. The Morgan fingerprint density at radius 2 is 2.24 bits per heavy atom. The normalized spacial score (nSPS) is 10.8. The molecule has 21 heavy (non-hydrogen) atoms. The van der Waals surface area contributed by atoms with Crippen molar-refractivity contribution in [3.63, 3.8) is 0 Å². The highest BCUT2D eigenvalue weighted by Crippen LogP contribution is 2.22. The van der Waals surface area contributed by atoms with E-state index in [1.165, 1.54) is 11.8 Å². The van der Waals surface area contributed by atoms with Crippen molar-refractivity contribution < 1.29 is 9.90 Å². The SMILES string of the molecule is CCCc1cc(SCC(=O)O)n(Cc2cccc(Br)c2)n1. The molecule has 0 amide bonds. The van der Waals surface area contributed by atoms with Crippen molar-refractivity contribution in [3.05, 3.63) is 46.1 Å². The Balaban J connectivity index is 2.20. The van der Waals surface area contributed by atoms with E-state index in [1.54, 1.807) is 0 Å². The molecule has 0 bridgehead atoms. The Labute approximate surface area is 136 Å². The van der Waals surface area contributed by atoms with E-state index in [1.807, 2.05) is 35.0 Å². The number of nitrogens with zero attached hydrogens (tertiary/aromatic N) is 2. The predicted octanol–water partition coefficient (Wildman–Crippen LogP) is 3.82. The number of hydrogen-bond donors (Lipinski definition) is 1. The van der Waals surface area contributed by atoms with Gasteiger partial charge in [-0.1, -0.05) is 53.2 Å². The third-order valence-electron chi connectivity index (χ3n) is 2.86. The fourth-order valence-corrected chi connectivity index (χ4v) is 3.19. The summed E-state index contributed by atoms with van der Waals surface area (Å²) in [5.41, 5.74) is 2.15. The van der Waals surface area contributed by atoms with Gasteiger partial charge in [-0.15, -0.1) is 0 Å². The molecule has 0 radical (unpaired) electrons. The number of hydrogen-bond acceptors (Lipinski definition) is 3. The average molecular weight is 369 g/mol. The Morgan fingerprint density at radius 3 is 2.90 bits per heavy atom. The lowest BCUT2D eigenvalue weighted by Crippen LogP contribution is -2.05. The number of rotatable bonds is 7. The minimum Gasteiger partial charge on any atom is -0.481 e. The smallest absolute Gasteiger partial charge is 0.313 e. The van der Waals surface area contributed by atoms with Crippen LogP contribution < -0.4 is 0 Å². The van der Waals surface area contributed by atoms with Crippen LogP contribution in [0, 0.1) is 0 Å². The lowest BCUT2D eigenvalue weighted by molar-refractivity contribution is -0.133. The average Bonchev–Trinajstić information content (AvgIpc) is 2.79. The van der Waals surface area contributed by atoms with Crippen molar-refractivity contribution in [3.8, 4) is 0 Å². The van der Waals surface area contributed by atoms with E-state index in [9.17, 15) is 4.79 Å². The van der Waals surface area contributed by atoms with Gasteiger partial charge in [0.1, 0.15) is 0 Å². The third-order valence-corrected chi connectivity index (χ3v) is 4.37. The van der Waals surface area contributed by atoms with Gasteiger partial charge in [-0.05, 0) is 30.2 Å². The van der Waals surface area contributed by atoms with Gasteiger partial charge >= 0.3 is 5.97 Å². The van der Waals surface area contributed by atoms with Crippen molar-refractivity contribution in [1.29, 1.82) is 0 Å².